The number of amides is 2. The third-order valence-corrected chi connectivity index (χ3v) is 4.93. The summed E-state index contributed by atoms with van der Waals surface area (Å²) in [6.45, 7) is 9.25. The van der Waals surface area contributed by atoms with Crippen molar-refractivity contribution in [3.8, 4) is 0 Å². The average molecular weight is 345 g/mol. The summed E-state index contributed by atoms with van der Waals surface area (Å²) in [5.41, 5.74) is 2.22. The van der Waals surface area contributed by atoms with Crippen molar-refractivity contribution in [2.45, 2.75) is 32.1 Å². The van der Waals surface area contributed by atoms with Crippen molar-refractivity contribution in [2.75, 3.05) is 44.7 Å². The number of hydrogen-bond acceptors (Lipinski definition) is 4. The Bertz CT molecular complexity index is 651. The Morgan fingerprint density at radius 3 is 2.84 bits per heavy atom. The molecule has 1 aromatic rings. The number of carbonyl (C=O) groups is 2. The molecular weight excluding hydrogens is 318 g/mol. The molecule has 1 aromatic carbocycles. The van der Waals surface area contributed by atoms with Crippen LogP contribution in [0.3, 0.4) is 0 Å². The van der Waals surface area contributed by atoms with Crippen molar-refractivity contribution in [1.29, 1.82) is 0 Å². The molecule has 0 aromatic heterocycles. The summed E-state index contributed by atoms with van der Waals surface area (Å²) in [7, 11) is 0. The van der Waals surface area contributed by atoms with Crippen LogP contribution >= 0.6 is 0 Å². The second kappa shape index (κ2) is 7.54. The van der Waals surface area contributed by atoms with E-state index < -0.39 is 0 Å². The van der Waals surface area contributed by atoms with E-state index in [1.807, 2.05) is 26.0 Å². The van der Waals surface area contributed by atoms with E-state index in [1.165, 1.54) is 0 Å². The summed E-state index contributed by atoms with van der Waals surface area (Å²) < 4.78 is 5.33. The van der Waals surface area contributed by atoms with Crippen molar-refractivity contribution in [1.82, 2.24) is 10.2 Å². The number of morpholine rings is 1. The highest BCUT2D eigenvalue weighted by Crippen LogP contribution is 2.37. The maximum absolute atomic E-state index is 12.4. The van der Waals surface area contributed by atoms with Gasteiger partial charge in [0.05, 0.1) is 13.2 Å². The lowest BCUT2D eigenvalue weighted by Crippen LogP contribution is -2.38. The Kier molecular flexibility index (Phi) is 5.39. The van der Waals surface area contributed by atoms with Crippen molar-refractivity contribution in [2.24, 2.45) is 0 Å². The highest BCUT2D eigenvalue weighted by Gasteiger charge is 2.32. The number of nitrogens with one attached hydrogen (secondary N) is 2. The molecule has 2 amide bonds. The first kappa shape index (κ1) is 17.9. The molecule has 0 spiro atoms. The number of benzene rings is 1. The number of hydrogen-bond donors (Lipinski definition) is 2. The van der Waals surface area contributed by atoms with E-state index in [9.17, 15) is 9.59 Å². The monoisotopic (exact) mass is 345 g/mol. The van der Waals surface area contributed by atoms with Crippen LogP contribution in [0, 0.1) is 0 Å². The number of anilines is 1. The van der Waals surface area contributed by atoms with Crippen molar-refractivity contribution in [3.05, 3.63) is 29.3 Å². The van der Waals surface area contributed by atoms with E-state index in [2.05, 4.69) is 15.5 Å². The van der Waals surface area contributed by atoms with Gasteiger partial charge in [0.1, 0.15) is 0 Å². The van der Waals surface area contributed by atoms with E-state index in [-0.39, 0.29) is 17.2 Å². The van der Waals surface area contributed by atoms with E-state index in [1.54, 1.807) is 6.07 Å². The summed E-state index contributed by atoms with van der Waals surface area (Å²) in [6.07, 6.45) is 1.36. The summed E-state index contributed by atoms with van der Waals surface area (Å²) >= 11 is 0. The zero-order chi connectivity index (χ0) is 17.9. The van der Waals surface area contributed by atoms with Crippen molar-refractivity contribution < 1.29 is 14.3 Å². The molecule has 0 bridgehead atoms. The fourth-order valence-corrected chi connectivity index (χ4v) is 3.48. The normalized spacial score (nSPS) is 19.8. The van der Waals surface area contributed by atoms with Crippen molar-refractivity contribution in [3.63, 3.8) is 0 Å². The number of rotatable bonds is 5. The van der Waals surface area contributed by atoms with Crippen LogP contribution in [0.2, 0.25) is 0 Å². The Labute approximate surface area is 148 Å². The predicted octanol–water partition coefficient (Wildman–Crippen LogP) is 1.76. The van der Waals surface area contributed by atoms with Gasteiger partial charge in [0.15, 0.2) is 0 Å². The molecule has 0 radical (unpaired) electrons. The third kappa shape index (κ3) is 4.38. The van der Waals surface area contributed by atoms with Gasteiger partial charge in [-0.2, -0.15) is 0 Å². The highest BCUT2D eigenvalue weighted by atomic mass is 16.5. The van der Waals surface area contributed by atoms with Crippen LogP contribution in [0.4, 0.5) is 5.69 Å². The number of nitrogens with zero attached hydrogens (tertiary/aromatic N) is 1. The molecule has 25 heavy (non-hydrogen) atoms. The molecular formula is C19H27N3O3. The van der Waals surface area contributed by atoms with Crippen LogP contribution in [0.25, 0.3) is 0 Å². The van der Waals surface area contributed by atoms with Crippen LogP contribution in [0.5, 0.6) is 0 Å². The average Bonchev–Trinajstić information content (AvgIpc) is 2.58. The molecule has 1 saturated heterocycles. The predicted molar refractivity (Wildman–Crippen MR) is 96.9 cm³/mol. The molecule has 136 valence electrons. The summed E-state index contributed by atoms with van der Waals surface area (Å²) in [4.78, 5) is 26.5. The number of carbonyl (C=O) groups excluding carboxylic acids is 2. The fraction of sp³-hybridized carbons (Fsp3) is 0.579. The Balaban J connectivity index is 1.55. The Morgan fingerprint density at radius 1 is 1.32 bits per heavy atom. The van der Waals surface area contributed by atoms with E-state index in [0.717, 1.165) is 50.5 Å². The fourth-order valence-electron chi connectivity index (χ4n) is 3.48. The van der Waals surface area contributed by atoms with Gasteiger partial charge in [-0.1, -0.05) is 13.8 Å². The van der Waals surface area contributed by atoms with E-state index in [0.29, 0.717) is 18.5 Å². The van der Waals surface area contributed by atoms with Crippen LogP contribution in [-0.4, -0.2) is 56.1 Å². The van der Waals surface area contributed by atoms with E-state index in [4.69, 9.17) is 4.74 Å². The molecule has 2 heterocycles. The third-order valence-electron chi connectivity index (χ3n) is 4.93. The largest absolute Gasteiger partial charge is 0.379 e. The molecule has 3 rings (SSSR count). The molecule has 0 aliphatic carbocycles. The molecule has 2 N–H and O–H groups in total. The van der Waals surface area contributed by atoms with Gasteiger partial charge in [-0.3, -0.25) is 14.5 Å². The first-order chi connectivity index (χ1) is 12.0. The quantitative estimate of drug-likeness (QED) is 0.798. The molecule has 6 heteroatoms. The lowest BCUT2D eigenvalue weighted by Gasteiger charge is -2.32. The lowest BCUT2D eigenvalue weighted by atomic mass is 9.77. The molecule has 1 fully saturated rings. The molecule has 2 aliphatic heterocycles. The van der Waals surface area contributed by atoms with Crippen LogP contribution in [0.15, 0.2) is 18.2 Å². The Hall–Kier alpha value is -1.92. The second-order valence-electron chi connectivity index (χ2n) is 7.43. The minimum Gasteiger partial charge on any atom is -0.379 e. The smallest absolute Gasteiger partial charge is 0.251 e. The summed E-state index contributed by atoms with van der Waals surface area (Å²) in [5, 5.41) is 5.88. The van der Waals surface area contributed by atoms with Crippen molar-refractivity contribution >= 4 is 17.5 Å². The van der Waals surface area contributed by atoms with Gasteiger partial charge < -0.3 is 15.4 Å². The van der Waals surface area contributed by atoms with Gasteiger partial charge in [-0.25, -0.2) is 0 Å². The maximum atomic E-state index is 12.4. The highest BCUT2D eigenvalue weighted by molar-refractivity contribution is 5.98. The summed E-state index contributed by atoms with van der Waals surface area (Å²) in [5.74, 6) is -0.0321. The standard InChI is InChI=1S/C19H27N3O3/c1-19(2)13-17(23)21-16-5-4-14(12-15(16)19)18(24)20-6-3-7-22-8-10-25-11-9-22/h4-5,12H,3,6-11,13H2,1-2H3,(H,20,24)(H,21,23). The molecule has 2 aliphatic rings. The first-order valence-corrected chi connectivity index (χ1v) is 8.98. The zero-order valence-corrected chi connectivity index (χ0v) is 15.1. The lowest BCUT2D eigenvalue weighted by molar-refractivity contribution is -0.117. The second-order valence-corrected chi connectivity index (χ2v) is 7.43. The minimum absolute atomic E-state index is 0.0258. The zero-order valence-electron chi connectivity index (χ0n) is 15.1. The molecule has 0 atom stereocenters. The van der Waals surface area contributed by atoms with Crippen LogP contribution < -0.4 is 10.6 Å². The number of ether oxygens (including phenoxy) is 1. The maximum Gasteiger partial charge on any atom is 0.251 e. The van der Waals surface area contributed by atoms with Crippen LogP contribution in [-0.2, 0) is 14.9 Å². The first-order valence-electron chi connectivity index (χ1n) is 8.98. The Morgan fingerprint density at radius 2 is 2.08 bits per heavy atom. The van der Waals surface area contributed by atoms with Gasteiger partial charge in [-0.15, -0.1) is 0 Å². The van der Waals surface area contributed by atoms with Gasteiger partial charge in [0.25, 0.3) is 5.91 Å². The van der Waals surface area contributed by atoms with Gasteiger partial charge in [0.2, 0.25) is 5.91 Å². The van der Waals surface area contributed by atoms with E-state index >= 15 is 0 Å². The minimum atomic E-state index is -0.260. The van der Waals surface area contributed by atoms with Gasteiger partial charge >= 0.3 is 0 Å². The molecule has 6 nitrogen and oxygen atoms in total. The topological polar surface area (TPSA) is 70.7 Å². The molecule has 0 unspecified atom stereocenters. The summed E-state index contributed by atoms with van der Waals surface area (Å²) in [6, 6.07) is 5.51. The van der Waals surface area contributed by atoms with Crippen LogP contribution in [0.1, 0.15) is 42.6 Å². The van der Waals surface area contributed by atoms with Gasteiger partial charge in [0, 0.05) is 42.7 Å². The molecule has 0 saturated carbocycles. The van der Waals surface area contributed by atoms with Gasteiger partial charge in [-0.05, 0) is 36.7 Å². The SMILES string of the molecule is CC1(C)CC(=O)Nc2ccc(C(=O)NCCCN3CCOCC3)cc21. The number of fused-ring (bicyclic) bond motifs is 1.